The fraction of sp³-hybridized carbons (Fsp3) is 0.0526. The summed E-state index contributed by atoms with van der Waals surface area (Å²) in [5.41, 5.74) is 1.37. The molecular weight excluding hydrogens is 321 g/mol. The molecule has 0 bridgehead atoms. The number of pyridine rings is 1. The highest BCUT2D eigenvalue weighted by Gasteiger charge is 2.08. The van der Waals surface area contributed by atoms with Crippen LogP contribution >= 0.6 is 0 Å². The molecule has 0 saturated heterocycles. The number of anilines is 1. The number of halogens is 1. The number of ether oxygens (including phenoxy) is 1. The number of carbonyl (C=O) groups excluding carboxylic acids is 1. The van der Waals surface area contributed by atoms with Crippen LogP contribution in [0.2, 0.25) is 0 Å². The van der Waals surface area contributed by atoms with Crippen molar-refractivity contribution in [3.8, 4) is 11.5 Å². The third-order valence-electron chi connectivity index (χ3n) is 3.34. The maximum atomic E-state index is 13.3. The minimum atomic E-state index is -0.392. The number of nitrogens with zero attached hydrogens (tertiary/aromatic N) is 1. The quantitative estimate of drug-likeness (QED) is 0.728. The maximum absolute atomic E-state index is 13.3. The highest BCUT2D eigenvalue weighted by atomic mass is 19.1. The lowest BCUT2D eigenvalue weighted by atomic mass is 10.3. The van der Waals surface area contributed by atoms with Crippen molar-refractivity contribution in [1.29, 1.82) is 0 Å². The molecule has 0 aliphatic carbocycles. The third-order valence-corrected chi connectivity index (χ3v) is 3.34. The Labute approximate surface area is 144 Å². The zero-order valence-electron chi connectivity index (χ0n) is 13.3. The highest BCUT2D eigenvalue weighted by Crippen LogP contribution is 2.29. The van der Waals surface area contributed by atoms with E-state index in [4.69, 9.17) is 4.74 Å². The molecule has 0 unspecified atom stereocenters. The van der Waals surface area contributed by atoms with Crippen LogP contribution in [-0.2, 0) is 6.54 Å². The molecule has 0 atom stereocenters. The number of hydrogen-bond donors (Lipinski definition) is 2. The predicted octanol–water partition coefficient (Wildman–Crippen LogP) is 4.33. The van der Waals surface area contributed by atoms with Crippen LogP contribution in [0.25, 0.3) is 0 Å². The summed E-state index contributed by atoms with van der Waals surface area (Å²) in [6.45, 7) is 0.354. The Morgan fingerprint density at radius 1 is 1.08 bits per heavy atom. The Balaban J connectivity index is 1.65. The Hall–Kier alpha value is -3.41. The first kappa shape index (κ1) is 16.4. The van der Waals surface area contributed by atoms with Gasteiger partial charge in [-0.1, -0.05) is 24.3 Å². The van der Waals surface area contributed by atoms with Crippen molar-refractivity contribution in [3.63, 3.8) is 0 Å². The summed E-state index contributed by atoms with van der Waals surface area (Å²) in [7, 11) is 0. The summed E-state index contributed by atoms with van der Waals surface area (Å²) < 4.78 is 18.9. The zero-order valence-corrected chi connectivity index (χ0v) is 13.3. The second-order valence-corrected chi connectivity index (χ2v) is 5.22. The molecule has 25 heavy (non-hydrogen) atoms. The van der Waals surface area contributed by atoms with Gasteiger partial charge in [-0.15, -0.1) is 0 Å². The average molecular weight is 337 g/mol. The van der Waals surface area contributed by atoms with Crippen LogP contribution < -0.4 is 15.4 Å². The van der Waals surface area contributed by atoms with Gasteiger partial charge in [-0.05, 0) is 35.9 Å². The van der Waals surface area contributed by atoms with Gasteiger partial charge in [0, 0.05) is 25.0 Å². The monoisotopic (exact) mass is 337 g/mol. The molecule has 2 amide bonds. The lowest BCUT2D eigenvalue weighted by Crippen LogP contribution is -2.28. The number of hydrogen-bond acceptors (Lipinski definition) is 3. The van der Waals surface area contributed by atoms with Crippen molar-refractivity contribution in [1.82, 2.24) is 10.3 Å². The maximum Gasteiger partial charge on any atom is 0.319 e. The number of carbonyl (C=O) groups is 1. The van der Waals surface area contributed by atoms with Crippen LogP contribution in [0, 0.1) is 5.82 Å². The topological polar surface area (TPSA) is 63.2 Å². The van der Waals surface area contributed by atoms with E-state index in [0.717, 1.165) is 5.56 Å². The van der Waals surface area contributed by atoms with Gasteiger partial charge in [-0.25, -0.2) is 9.18 Å². The van der Waals surface area contributed by atoms with Gasteiger partial charge in [-0.2, -0.15) is 0 Å². The van der Waals surface area contributed by atoms with Gasteiger partial charge in [0.25, 0.3) is 0 Å². The van der Waals surface area contributed by atoms with Crippen LogP contribution in [-0.4, -0.2) is 11.0 Å². The fourth-order valence-electron chi connectivity index (χ4n) is 2.17. The minimum absolute atomic E-state index is 0.352. The van der Waals surface area contributed by atoms with E-state index in [1.165, 1.54) is 12.1 Å². The molecule has 0 saturated carbocycles. The number of nitrogens with one attached hydrogen (secondary N) is 2. The fourth-order valence-corrected chi connectivity index (χ4v) is 2.17. The van der Waals surface area contributed by atoms with Crippen molar-refractivity contribution < 1.29 is 13.9 Å². The first-order valence-electron chi connectivity index (χ1n) is 7.67. The molecule has 0 fully saturated rings. The number of benzene rings is 2. The van der Waals surface area contributed by atoms with Crippen LogP contribution in [0.5, 0.6) is 11.5 Å². The molecule has 1 heterocycles. The molecule has 0 spiro atoms. The van der Waals surface area contributed by atoms with E-state index >= 15 is 0 Å². The molecule has 6 heteroatoms. The summed E-state index contributed by atoms with van der Waals surface area (Å²) >= 11 is 0. The Kier molecular flexibility index (Phi) is 5.21. The highest BCUT2D eigenvalue weighted by molar-refractivity contribution is 5.90. The van der Waals surface area contributed by atoms with E-state index < -0.39 is 5.82 Å². The van der Waals surface area contributed by atoms with Gasteiger partial charge in [0.05, 0.1) is 5.69 Å². The van der Waals surface area contributed by atoms with Gasteiger partial charge in [-0.3, -0.25) is 4.98 Å². The first-order chi connectivity index (χ1) is 12.2. The third kappa shape index (κ3) is 4.78. The lowest BCUT2D eigenvalue weighted by molar-refractivity contribution is 0.251. The summed E-state index contributed by atoms with van der Waals surface area (Å²) in [5, 5.41) is 5.47. The minimum Gasteiger partial charge on any atom is -0.455 e. The molecule has 3 rings (SSSR count). The Morgan fingerprint density at radius 2 is 1.96 bits per heavy atom. The van der Waals surface area contributed by atoms with Gasteiger partial charge < -0.3 is 15.4 Å². The van der Waals surface area contributed by atoms with Gasteiger partial charge in [0.1, 0.15) is 11.6 Å². The molecule has 2 aromatic carbocycles. The molecule has 126 valence electrons. The van der Waals surface area contributed by atoms with E-state index in [2.05, 4.69) is 15.6 Å². The number of para-hydroxylation sites is 2. The predicted molar refractivity (Wildman–Crippen MR) is 93.0 cm³/mol. The molecular formula is C19H16FN3O2. The SMILES string of the molecule is O=C(NCc1cccnc1)Nc1ccccc1Oc1cccc(F)c1. The van der Waals surface area contributed by atoms with Crippen molar-refractivity contribution in [2.45, 2.75) is 6.54 Å². The molecule has 5 nitrogen and oxygen atoms in total. The van der Waals surface area contributed by atoms with Crippen molar-refractivity contribution in [2.75, 3.05) is 5.32 Å². The van der Waals surface area contributed by atoms with E-state index in [-0.39, 0.29) is 6.03 Å². The number of amides is 2. The summed E-state index contributed by atoms with van der Waals surface area (Å²) in [4.78, 5) is 16.1. The number of rotatable bonds is 5. The first-order valence-corrected chi connectivity index (χ1v) is 7.67. The number of urea groups is 1. The molecule has 0 aliphatic heterocycles. The summed E-state index contributed by atoms with van der Waals surface area (Å²) in [6, 6.07) is 16.1. The van der Waals surface area contributed by atoms with Gasteiger partial charge in [0.2, 0.25) is 0 Å². The molecule has 1 aromatic heterocycles. The zero-order chi connectivity index (χ0) is 17.5. The number of aromatic nitrogens is 1. The molecule has 0 aliphatic rings. The molecule has 2 N–H and O–H groups in total. The van der Waals surface area contributed by atoms with E-state index in [0.29, 0.717) is 23.7 Å². The van der Waals surface area contributed by atoms with E-state index in [1.807, 2.05) is 6.07 Å². The normalized spacial score (nSPS) is 10.1. The lowest BCUT2D eigenvalue weighted by Gasteiger charge is -2.13. The standard InChI is InChI=1S/C19H16FN3O2/c20-15-6-3-7-16(11-15)25-18-9-2-1-8-17(18)23-19(24)22-13-14-5-4-10-21-12-14/h1-12H,13H2,(H2,22,23,24). The summed E-state index contributed by atoms with van der Waals surface area (Å²) in [5.74, 6) is 0.381. The largest absolute Gasteiger partial charge is 0.455 e. The van der Waals surface area contributed by atoms with Crippen LogP contribution in [0.1, 0.15) is 5.56 Å². The van der Waals surface area contributed by atoms with Gasteiger partial charge >= 0.3 is 6.03 Å². The average Bonchev–Trinajstić information content (AvgIpc) is 2.63. The second-order valence-electron chi connectivity index (χ2n) is 5.22. The van der Waals surface area contributed by atoms with Crippen molar-refractivity contribution >= 4 is 11.7 Å². The van der Waals surface area contributed by atoms with Crippen LogP contribution in [0.3, 0.4) is 0 Å². The van der Waals surface area contributed by atoms with Gasteiger partial charge in [0.15, 0.2) is 5.75 Å². The smallest absolute Gasteiger partial charge is 0.319 e. The van der Waals surface area contributed by atoms with Crippen molar-refractivity contribution in [3.05, 3.63) is 84.4 Å². The summed E-state index contributed by atoms with van der Waals surface area (Å²) in [6.07, 6.45) is 3.35. The molecule has 3 aromatic rings. The molecule has 0 radical (unpaired) electrons. The van der Waals surface area contributed by atoms with E-state index in [1.54, 1.807) is 54.9 Å². The Morgan fingerprint density at radius 3 is 2.76 bits per heavy atom. The van der Waals surface area contributed by atoms with Crippen LogP contribution in [0.4, 0.5) is 14.9 Å². The Bertz CT molecular complexity index is 856. The second kappa shape index (κ2) is 7.92. The van der Waals surface area contributed by atoms with Crippen molar-refractivity contribution in [2.24, 2.45) is 0 Å². The van der Waals surface area contributed by atoms with Crippen LogP contribution in [0.15, 0.2) is 73.1 Å². The van der Waals surface area contributed by atoms with E-state index in [9.17, 15) is 9.18 Å².